The van der Waals surface area contributed by atoms with E-state index in [2.05, 4.69) is 27.1 Å². The summed E-state index contributed by atoms with van der Waals surface area (Å²) in [6, 6.07) is 3.87. The lowest BCUT2D eigenvalue weighted by Crippen LogP contribution is -2.30. The van der Waals surface area contributed by atoms with Crippen LogP contribution in [0.4, 0.5) is 0 Å². The largest absolute Gasteiger partial charge is 0.496 e. The van der Waals surface area contributed by atoms with Gasteiger partial charge in [-0.25, -0.2) is 0 Å². The quantitative estimate of drug-likeness (QED) is 0.456. The van der Waals surface area contributed by atoms with Gasteiger partial charge in [0.25, 0.3) is 0 Å². The molecule has 0 atom stereocenters. The second-order valence-corrected chi connectivity index (χ2v) is 6.43. The van der Waals surface area contributed by atoms with Crippen molar-refractivity contribution in [3.63, 3.8) is 0 Å². The van der Waals surface area contributed by atoms with E-state index in [9.17, 15) is 0 Å². The summed E-state index contributed by atoms with van der Waals surface area (Å²) in [5, 5.41) is 8.90. The molecule has 3 rings (SSSR count). The molecular weight excluding hydrogens is 306 g/mol. The first-order chi connectivity index (χ1) is 11.7. The fraction of sp³-hybridized carbons (Fsp3) is 0.588. The Hall–Kier alpha value is -2.24. The molecule has 0 saturated carbocycles. The van der Waals surface area contributed by atoms with Crippen LogP contribution in [-0.4, -0.2) is 37.3 Å². The molecule has 2 aromatic rings. The van der Waals surface area contributed by atoms with Gasteiger partial charge in [0.2, 0.25) is 0 Å². The predicted molar refractivity (Wildman–Crippen MR) is 92.0 cm³/mol. The summed E-state index contributed by atoms with van der Waals surface area (Å²) in [7, 11) is 3.78. The molecule has 128 valence electrons. The molecule has 0 N–H and O–H groups in total. The molecule has 2 heterocycles. The van der Waals surface area contributed by atoms with E-state index in [0.29, 0.717) is 11.3 Å². The predicted octanol–water partition coefficient (Wildman–Crippen LogP) is 3.92. The van der Waals surface area contributed by atoms with E-state index in [-0.39, 0.29) is 6.54 Å². The van der Waals surface area contributed by atoms with E-state index in [0.717, 1.165) is 35.4 Å². The Morgan fingerprint density at radius 1 is 1.42 bits per heavy atom. The van der Waals surface area contributed by atoms with Crippen molar-refractivity contribution in [3.8, 4) is 5.75 Å². The summed E-state index contributed by atoms with van der Waals surface area (Å²) in [5.74, 6) is 1.42. The lowest BCUT2D eigenvalue weighted by molar-refractivity contribution is 0.212. The highest BCUT2D eigenvalue weighted by Crippen LogP contribution is 2.32. The molecule has 0 radical (unpaired) electrons. The number of aromatic nitrogens is 1. The Morgan fingerprint density at radius 3 is 2.92 bits per heavy atom. The standard InChI is InChI=1S/C17H23N5O2/c1-22-9-7-12(8-10-22)3-5-15-13-4-6-16(23-2)14(11-19-21-18)17(13)24-20-15/h4,6,12H,3,5,7-11H2,1-2H3. The van der Waals surface area contributed by atoms with Gasteiger partial charge in [0, 0.05) is 15.9 Å². The van der Waals surface area contributed by atoms with Gasteiger partial charge < -0.3 is 14.2 Å². The summed E-state index contributed by atoms with van der Waals surface area (Å²) in [6.07, 6.45) is 4.55. The number of likely N-dealkylation sites (tertiary alicyclic amines) is 1. The molecule has 0 amide bonds. The van der Waals surface area contributed by atoms with Crippen LogP contribution in [-0.2, 0) is 13.0 Å². The molecule has 1 aromatic carbocycles. The van der Waals surface area contributed by atoms with E-state index in [1.165, 1.54) is 25.9 Å². The second kappa shape index (κ2) is 7.55. The number of methoxy groups -OCH3 is 1. The maximum Gasteiger partial charge on any atom is 0.174 e. The Bertz CT molecular complexity index is 743. The monoisotopic (exact) mass is 329 g/mol. The average molecular weight is 329 g/mol. The maximum absolute atomic E-state index is 8.58. The first-order valence-electron chi connectivity index (χ1n) is 8.36. The lowest BCUT2D eigenvalue weighted by atomic mass is 9.91. The smallest absolute Gasteiger partial charge is 0.174 e. The molecule has 7 nitrogen and oxygen atoms in total. The molecule has 7 heteroatoms. The van der Waals surface area contributed by atoms with Gasteiger partial charge in [0.05, 0.1) is 19.3 Å². The Morgan fingerprint density at radius 2 is 2.21 bits per heavy atom. The minimum absolute atomic E-state index is 0.195. The summed E-state index contributed by atoms with van der Waals surface area (Å²) >= 11 is 0. The molecule has 0 unspecified atom stereocenters. The van der Waals surface area contributed by atoms with Crippen LogP contribution in [0.5, 0.6) is 5.75 Å². The molecule has 1 aliphatic heterocycles. The van der Waals surface area contributed by atoms with Crippen LogP contribution in [0.2, 0.25) is 0 Å². The van der Waals surface area contributed by atoms with E-state index >= 15 is 0 Å². The third kappa shape index (κ3) is 3.47. The first kappa shape index (κ1) is 16.6. The van der Waals surface area contributed by atoms with Crippen molar-refractivity contribution in [2.75, 3.05) is 27.2 Å². The van der Waals surface area contributed by atoms with Crippen molar-refractivity contribution in [1.82, 2.24) is 10.1 Å². The normalized spacial score (nSPS) is 16.2. The van der Waals surface area contributed by atoms with Gasteiger partial charge >= 0.3 is 0 Å². The molecule has 24 heavy (non-hydrogen) atoms. The Kier molecular flexibility index (Phi) is 5.23. The van der Waals surface area contributed by atoms with Crippen LogP contribution in [0.1, 0.15) is 30.5 Å². The molecule has 0 spiro atoms. The second-order valence-electron chi connectivity index (χ2n) is 6.43. The van der Waals surface area contributed by atoms with Crippen LogP contribution in [0, 0.1) is 5.92 Å². The van der Waals surface area contributed by atoms with Gasteiger partial charge in [-0.05, 0) is 69.4 Å². The number of nitrogens with zero attached hydrogens (tertiary/aromatic N) is 5. The molecular formula is C17H23N5O2. The molecule has 0 bridgehead atoms. The fourth-order valence-corrected chi connectivity index (χ4v) is 3.41. The average Bonchev–Trinajstić information content (AvgIpc) is 3.02. The van der Waals surface area contributed by atoms with Crippen LogP contribution >= 0.6 is 0 Å². The zero-order valence-electron chi connectivity index (χ0n) is 14.2. The van der Waals surface area contributed by atoms with Gasteiger partial charge in [-0.1, -0.05) is 10.3 Å². The van der Waals surface area contributed by atoms with Crippen molar-refractivity contribution < 1.29 is 9.26 Å². The zero-order valence-corrected chi connectivity index (χ0v) is 14.2. The molecule has 1 fully saturated rings. The van der Waals surface area contributed by atoms with Gasteiger partial charge in [0.1, 0.15) is 5.75 Å². The van der Waals surface area contributed by atoms with Crippen molar-refractivity contribution in [2.24, 2.45) is 11.0 Å². The maximum atomic E-state index is 8.58. The Balaban J connectivity index is 1.78. The van der Waals surface area contributed by atoms with Crippen molar-refractivity contribution >= 4 is 11.0 Å². The first-order valence-corrected chi connectivity index (χ1v) is 8.36. The number of fused-ring (bicyclic) bond motifs is 1. The van der Waals surface area contributed by atoms with Crippen molar-refractivity contribution in [2.45, 2.75) is 32.2 Å². The van der Waals surface area contributed by atoms with Gasteiger partial charge in [-0.3, -0.25) is 0 Å². The number of hydrogen-bond acceptors (Lipinski definition) is 5. The lowest BCUT2D eigenvalue weighted by Gasteiger charge is -2.28. The highest BCUT2D eigenvalue weighted by molar-refractivity contribution is 5.84. The number of aryl methyl sites for hydroxylation is 1. The molecule has 1 saturated heterocycles. The summed E-state index contributed by atoms with van der Waals surface area (Å²) in [6.45, 7) is 2.55. The number of hydrogen-bond donors (Lipinski definition) is 0. The minimum Gasteiger partial charge on any atom is -0.496 e. The number of benzene rings is 1. The van der Waals surface area contributed by atoms with E-state index in [1.54, 1.807) is 7.11 Å². The molecule has 0 aliphatic carbocycles. The number of ether oxygens (including phenoxy) is 1. The van der Waals surface area contributed by atoms with Crippen LogP contribution in [0.15, 0.2) is 21.8 Å². The van der Waals surface area contributed by atoms with E-state index in [1.807, 2.05) is 12.1 Å². The number of rotatable bonds is 6. The molecule has 1 aliphatic rings. The van der Waals surface area contributed by atoms with E-state index in [4.69, 9.17) is 14.8 Å². The van der Waals surface area contributed by atoms with Crippen molar-refractivity contribution in [1.29, 1.82) is 0 Å². The SMILES string of the molecule is COc1ccc2c(CCC3CCN(C)CC3)noc2c1CN=[N+]=[N-]. The van der Waals surface area contributed by atoms with Gasteiger partial charge in [-0.15, -0.1) is 0 Å². The number of azide groups is 1. The van der Waals surface area contributed by atoms with Crippen LogP contribution in [0.25, 0.3) is 21.4 Å². The third-order valence-corrected chi connectivity index (χ3v) is 4.92. The van der Waals surface area contributed by atoms with Crippen LogP contribution in [0.3, 0.4) is 0 Å². The highest BCUT2D eigenvalue weighted by atomic mass is 16.5. The van der Waals surface area contributed by atoms with Gasteiger partial charge in [-0.2, -0.15) is 0 Å². The zero-order chi connectivity index (χ0) is 16.9. The van der Waals surface area contributed by atoms with Gasteiger partial charge in [0.15, 0.2) is 5.58 Å². The summed E-state index contributed by atoms with van der Waals surface area (Å²) < 4.78 is 10.9. The summed E-state index contributed by atoms with van der Waals surface area (Å²) in [5.41, 5.74) is 11.0. The van der Waals surface area contributed by atoms with Crippen LogP contribution < -0.4 is 4.74 Å². The Labute approximate surface area is 141 Å². The van der Waals surface area contributed by atoms with Crippen molar-refractivity contribution in [3.05, 3.63) is 33.8 Å². The fourth-order valence-electron chi connectivity index (χ4n) is 3.41. The summed E-state index contributed by atoms with van der Waals surface area (Å²) in [4.78, 5) is 5.21. The molecule has 1 aromatic heterocycles. The number of piperidine rings is 1. The highest BCUT2D eigenvalue weighted by Gasteiger charge is 2.19. The minimum atomic E-state index is 0.195. The van der Waals surface area contributed by atoms with E-state index < -0.39 is 0 Å². The topological polar surface area (TPSA) is 87.3 Å². The third-order valence-electron chi connectivity index (χ3n) is 4.92.